The highest BCUT2D eigenvalue weighted by Crippen LogP contribution is 2.26. The molecule has 2 aromatic heterocycles. The minimum absolute atomic E-state index is 0.273. The Labute approximate surface area is 138 Å². The third-order valence-corrected chi connectivity index (χ3v) is 4.50. The van der Waals surface area contributed by atoms with E-state index in [0.717, 1.165) is 22.8 Å². The summed E-state index contributed by atoms with van der Waals surface area (Å²) in [5, 5.41) is 9.54. The van der Waals surface area contributed by atoms with Gasteiger partial charge in [-0.15, -0.1) is 10.2 Å². The first-order valence-corrected chi connectivity index (χ1v) is 8.48. The molecule has 1 aromatic carbocycles. The molecule has 2 heterocycles. The van der Waals surface area contributed by atoms with Crippen molar-refractivity contribution in [3.63, 3.8) is 0 Å². The molecule has 0 spiro atoms. The van der Waals surface area contributed by atoms with Crippen LogP contribution in [0.2, 0.25) is 0 Å². The molecule has 0 fully saturated rings. The van der Waals surface area contributed by atoms with Crippen molar-refractivity contribution in [2.45, 2.75) is 37.6 Å². The first kappa shape index (κ1) is 15.7. The number of esters is 1. The van der Waals surface area contributed by atoms with Gasteiger partial charge in [0.1, 0.15) is 10.8 Å². The van der Waals surface area contributed by atoms with Gasteiger partial charge in [-0.3, -0.25) is 4.79 Å². The first-order chi connectivity index (χ1) is 11.1. The Kier molecular flexibility index (Phi) is 4.47. The van der Waals surface area contributed by atoms with Gasteiger partial charge in [0, 0.05) is 10.9 Å². The molecule has 0 aliphatic carbocycles. The van der Waals surface area contributed by atoms with Crippen molar-refractivity contribution in [1.82, 2.24) is 20.2 Å². The van der Waals surface area contributed by atoms with E-state index in [-0.39, 0.29) is 11.2 Å². The van der Waals surface area contributed by atoms with E-state index in [0.29, 0.717) is 17.4 Å². The Hall–Kier alpha value is -2.15. The molecular formula is C16H18N4O2S. The second kappa shape index (κ2) is 6.54. The number of benzene rings is 1. The van der Waals surface area contributed by atoms with E-state index in [1.807, 2.05) is 6.07 Å². The molecule has 0 saturated carbocycles. The molecule has 3 rings (SSSR count). The summed E-state index contributed by atoms with van der Waals surface area (Å²) in [6, 6.07) is 6.23. The fraction of sp³-hybridized carbons (Fsp3) is 0.375. The predicted octanol–water partition coefficient (Wildman–Crippen LogP) is 3.11. The van der Waals surface area contributed by atoms with Crippen LogP contribution < -0.4 is 0 Å². The molecule has 6 nitrogen and oxygen atoms in total. The maximum atomic E-state index is 11.7. The van der Waals surface area contributed by atoms with Crippen LogP contribution in [0, 0.1) is 0 Å². The van der Waals surface area contributed by atoms with Crippen molar-refractivity contribution < 1.29 is 9.53 Å². The lowest BCUT2D eigenvalue weighted by atomic mass is 10.1. The molecule has 7 heteroatoms. The summed E-state index contributed by atoms with van der Waals surface area (Å²) in [5.74, 6) is -0.273. The topological polar surface area (TPSA) is 80.8 Å². The van der Waals surface area contributed by atoms with Gasteiger partial charge in [-0.25, -0.2) is 4.98 Å². The molecule has 0 aliphatic rings. The van der Waals surface area contributed by atoms with Crippen molar-refractivity contribution in [1.29, 1.82) is 0 Å². The zero-order valence-corrected chi connectivity index (χ0v) is 14.1. The summed E-state index contributed by atoms with van der Waals surface area (Å²) >= 11 is 1.24. The molecule has 0 aliphatic heterocycles. The Morgan fingerprint density at radius 2 is 2.17 bits per heavy atom. The molecule has 3 aromatic rings. The number of nitrogens with one attached hydrogen (secondary N) is 1. The van der Waals surface area contributed by atoms with Crippen molar-refractivity contribution in [2.24, 2.45) is 0 Å². The van der Waals surface area contributed by atoms with E-state index in [2.05, 4.69) is 39.2 Å². The SMILES string of the molecule is CCOC(=O)[C@H](C)Sc1nnc2c(n1)[nH]c1ccc(CC)cc12. The smallest absolute Gasteiger partial charge is 0.319 e. The van der Waals surface area contributed by atoms with Gasteiger partial charge >= 0.3 is 5.97 Å². The van der Waals surface area contributed by atoms with Crippen LogP contribution in [0.25, 0.3) is 22.1 Å². The lowest BCUT2D eigenvalue weighted by Crippen LogP contribution is -2.17. The fourth-order valence-electron chi connectivity index (χ4n) is 2.34. The number of H-pyrrole nitrogens is 1. The van der Waals surface area contributed by atoms with E-state index >= 15 is 0 Å². The molecule has 1 N–H and O–H groups in total. The van der Waals surface area contributed by atoms with Crippen molar-refractivity contribution in [2.75, 3.05) is 6.61 Å². The summed E-state index contributed by atoms with van der Waals surface area (Å²) in [7, 11) is 0. The van der Waals surface area contributed by atoms with Crippen LogP contribution in [0.1, 0.15) is 26.3 Å². The summed E-state index contributed by atoms with van der Waals surface area (Å²) in [4.78, 5) is 19.4. The van der Waals surface area contributed by atoms with Gasteiger partial charge in [0.15, 0.2) is 5.65 Å². The average molecular weight is 330 g/mol. The van der Waals surface area contributed by atoms with E-state index in [4.69, 9.17) is 4.74 Å². The lowest BCUT2D eigenvalue weighted by Gasteiger charge is -2.08. The van der Waals surface area contributed by atoms with Crippen molar-refractivity contribution >= 4 is 39.8 Å². The van der Waals surface area contributed by atoms with Gasteiger partial charge in [0.05, 0.1) is 6.61 Å². The largest absolute Gasteiger partial charge is 0.465 e. The highest BCUT2D eigenvalue weighted by atomic mass is 32.2. The van der Waals surface area contributed by atoms with E-state index in [1.54, 1.807) is 13.8 Å². The van der Waals surface area contributed by atoms with Crippen LogP contribution in [0.4, 0.5) is 0 Å². The molecule has 0 unspecified atom stereocenters. The van der Waals surface area contributed by atoms with E-state index in [1.165, 1.54) is 17.3 Å². The molecule has 0 radical (unpaired) electrons. The zero-order chi connectivity index (χ0) is 16.4. The first-order valence-electron chi connectivity index (χ1n) is 7.60. The number of thioether (sulfide) groups is 1. The summed E-state index contributed by atoms with van der Waals surface area (Å²) in [5.41, 5.74) is 3.67. The van der Waals surface area contributed by atoms with Crippen LogP contribution in [0.5, 0.6) is 0 Å². The third kappa shape index (κ3) is 3.14. The Morgan fingerprint density at radius 1 is 1.35 bits per heavy atom. The van der Waals surface area contributed by atoms with Crippen molar-refractivity contribution in [3.05, 3.63) is 23.8 Å². The monoisotopic (exact) mass is 330 g/mol. The van der Waals surface area contributed by atoms with Crippen LogP contribution in [0.15, 0.2) is 23.4 Å². The minimum atomic E-state index is -0.370. The number of aryl methyl sites for hydroxylation is 1. The molecule has 0 amide bonds. The van der Waals surface area contributed by atoms with Crippen molar-refractivity contribution in [3.8, 4) is 0 Å². The number of aromatic amines is 1. The van der Waals surface area contributed by atoms with Gasteiger partial charge in [-0.05, 0) is 38.0 Å². The van der Waals surface area contributed by atoms with Gasteiger partial charge < -0.3 is 9.72 Å². The summed E-state index contributed by atoms with van der Waals surface area (Å²) in [6.45, 7) is 6.04. The molecule has 1 atom stereocenters. The number of hydrogen-bond acceptors (Lipinski definition) is 6. The Balaban J connectivity index is 1.93. The van der Waals surface area contributed by atoms with Gasteiger partial charge in [-0.2, -0.15) is 0 Å². The van der Waals surface area contributed by atoms with Crippen LogP contribution >= 0.6 is 11.8 Å². The number of ether oxygens (including phenoxy) is 1. The summed E-state index contributed by atoms with van der Waals surface area (Å²) < 4.78 is 4.99. The number of carbonyl (C=O) groups is 1. The Bertz CT molecular complexity index is 862. The average Bonchev–Trinajstić information content (AvgIpc) is 2.91. The van der Waals surface area contributed by atoms with Crippen LogP contribution in [0.3, 0.4) is 0 Å². The van der Waals surface area contributed by atoms with Gasteiger partial charge in [-0.1, -0.05) is 24.8 Å². The van der Waals surface area contributed by atoms with E-state index in [9.17, 15) is 4.79 Å². The number of hydrogen-bond donors (Lipinski definition) is 1. The number of rotatable bonds is 5. The second-order valence-electron chi connectivity index (χ2n) is 5.16. The highest BCUT2D eigenvalue weighted by molar-refractivity contribution is 8.00. The molecule has 0 bridgehead atoms. The van der Waals surface area contributed by atoms with Gasteiger partial charge in [0.25, 0.3) is 0 Å². The fourth-order valence-corrected chi connectivity index (χ4v) is 3.05. The van der Waals surface area contributed by atoms with Gasteiger partial charge in [0.2, 0.25) is 5.16 Å². The number of aromatic nitrogens is 4. The summed E-state index contributed by atoms with van der Waals surface area (Å²) in [6.07, 6.45) is 0.967. The standard InChI is InChI=1S/C16H18N4O2S/c1-4-10-6-7-12-11(8-10)13-14(17-12)18-16(20-19-13)23-9(3)15(21)22-5-2/h6-9H,4-5H2,1-3H3,(H,17,18,20)/t9-/m0/s1. The maximum Gasteiger partial charge on any atom is 0.319 e. The van der Waals surface area contributed by atoms with Crippen LogP contribution in [-0.4, -0.2) is 38.0 Å². The van der Waals surface area contributed by atoms with E-state index < -0.39 is 0 Å². The predicted molar refractivity (Wildman–Crippen MR) is 90.5 cm³/mol. The third-order valence-electron chi connectivity index (χ3n) is 3.57. The maximum absolute atomic E-state index is 11.7. The molecule has 120 valence electrons. The second-order valence-corrected chi connectivity index (χ2v) is 6.47. The zero-order valence-electron chi connectivity index (χ0n) is 13.3. The molecule has 23 heavy (non-hydrogen) atoms. The number of fused-ring (bicyclic) bond motifs is 3. The molecular weight excluding hydrogens is 312 g/mol. The number of nitrogens with zero attached hydrogens (tertiary/aromatic N) is 3. The quantitative estimate of drug-likeness (QED) is 0.572. The highest BCUT2D eigenvalue weighted by Gasteiger charge is 2.18. The normalized spacial score (nSPS) is 12.7. The molecule has 0 saturated heterocycles. The Morgan fingerprint density at radius 3 is 2.91 bits per heavy atom. The van der Waals surface area contributed by atoms with Crippen LogP contribution in [-0.2, 0) is 16.0 Å². The number of carbonyl (C=O) groups excluding carboxylic acids is 1. The lowest BCUT2D eigenvalue weighted by molar-refractivity contribution is -0.142. The minimum Gasteiger partial charge on any atom is -0.465 e.